The van der Waals surface area contributed by atoms with E-state index < -0.39 is 0 Å². The van der Waals surface area contributed by atoms with E-state index >= 15 is 0 Å². The van der Waals surface area contributed by atoms with Gasteiger partial charge in [0.05, 0.1) is 48.0 Å². The standard InChI is InChI=1S/C25H24Cl2N2O3.C25H28N4O3S.C24H27BrN4O3/c26-18-9-17(10-19(27)13-18)11-20-2-4-23(32-20)24(30)29-7-5-25(6-8-29)15-31-22-3-1-16(14-28)12-21(22)25;1-16-11-17(2)28-24(27-16)33-14-19-4-6-22(32-19)23(30)29-9-7-25(8-10-29)15-31-21-5-3-18(13-26)12-20(21)25;1-15-22(25)16(2)29(27-15)13-18-4-6-21(32-18)23(30)28-9-7-24(8-10-28)14-31-20-5-3-17(12-26)11-19(20)24/h1-4,9-10,12-13H,5-8,11,14-15,28H2;3-6,11-12H,7-10,13-15,26H2,1-2H3;3-6,11H,7-10,12-14,26H2,1-2H3. The Hall–Kier alpha value is -7.89. The highest BCUT2D eigenvalue weighted by molar-refractivity contribution is 9.10. The van der Waals surface area contributed by atoms with E-state index in [9.17, 15) is 14.4 Å². The lowest BCUT2D eigenvalue weighted by molar-refractivity contribution is 0.0607. The minimum absolute atomic E-state index is 0.0333. The van der Waals surface area contributed by atoms with Gasteiger partial charge >= 0.3 is 0 Å². The minimum Gasteiger partial charge on any atom is -0.492 e. The molecule has 6 aliphatic rings. The maximum absolute atomic E-state index is 13.1. The number of piperidine rings is 3. The predicted molar refractivity (Wildman–Crippen MR) is 375 cm³/mol. The SMILES string of the molecule is Cc1cc(C)nc(SCc2ccc(C(=O)N3CCC4(CC3)COc3ccc(CN)cc34)o2)n1.Cc1nn(Cc2ccc(C(=O)N3CCC4(CC3)COc3ccc(CN)cc34)o2)c(C)c1Br.NCc1ccc2c(c1)C1(CCN(C(=O)c3ccc(Cc4cc(Cl)cc(Cl)c4)o3)CC1)CO2. The number of likely N-dealkylation sites (tertiary alicyclic amines) is 3. The molecule has 11 heterocycles. The van der Waals surface area contributed by atoms with Crippen LogP contribution in [0.1, 0.15) is 149 Å². The van der Waals surface area contributed by atoms with Crippen molar-refractivity contribution < 1.29 is 41.8 Å². The van der Waals surface area contributed by atoms with E-state index in [1.54, 1.807) is 24.3 Å². The number of ether oxygens (including phenoxy) is 3. The molecule has 0 atom stereocenters. The number of amides is 3. The smallest absolute Gasteiger partial charge is 0.289 e. The average Bonchev–Trinajstić information content (AvgIpc) is 1.65. The molecule has 0 saturated carbocycles. The van der Waals surface area contributed by atoms with Crippen LogP contribution in [0.4, 0.5) is 0 Å². The van der Waals surface area contributed by atoms with Crippen molar-refractivity contribution in [3.05, 3.63) is 226 Å². The molecule has 5 aromatic heterocycles. The van der Waals surface area contributed by atoms with E-state index in [1.165, 1.54) is 28.5 Å². The van der Waals surface area contributed by atoms with Gasteiger partial charge in [-0.15, -0.1) is 0 Å². The fourth-order valence-corrected chi connectivity index (χ4v) is 16.0. The number of carbonyl (C=O) groups is 3. The molecule has 6 aliphatic heterocycles. The fraction of sp³-hybridized carbons (Fsp3) is 0.378. The van der Waals surface area contributed by atoms with Gasteiger partial charge in [0.2, 0.25) is 0 Å². The number of thioether (sulfide) groups is 1. The summed E-state index contributed by atoms with van der Waals surface area (Å²) in [4.78, 5) is 53.8. The van der Waals surface area contributed by atoms with E-state index in [0.717, 1.165) is 116 Å². The number of hydrogen-bond donors (Lipinski definition) is 3. The summed E-state index contributed by atoms with van der Waals surface area (Å²) in [7, 11) is 0. The second kappa shape index (κ2) is 28.5. The van der Waals surface area contributed by atoms with E-state index in [1.807, 2.05) is 120 Å². The van der Waals surface area contributed by atoms with Crippen molar-refractivity contribution in [2.75, 3.05) is 59.1 Å². The van der Waals surface area contributed by atoms with Gasteiger partial charge in [-0.05, 0) is 183 Å². The van der Waals surface area contributed by atoms with E-state index in [-0.39, 0.29) is 34.0 Å². The van der Waals surface area contributed by atoms with Gasteiger partial charge in [-0.1, -0.05) is 71.4 Å². The number of nitrogens with two attached hydrogens (primary N) is 3. The number of halogens is 3. The van der Waals surface area contributed by atoms with Crippen LogP contribution in [0, 0.1) is 27.7 Å². The van der Waals surface area contributed by atoms with Crippen LogP contribution in [-0.2, 0) is 54.6 Å². The third-order valence-electron chi connectivity index (χ3n) is 19.9. The zero-order valence-corrected chi connectivity index (χ0v) is 58.8. The zero-order valence-electron chi connectivity index (χ0n) is 54.9. The maximum atomic E-state index is 13.1. The highest BCUT2D eigenvalue weighted by atomic mass is 79.9. The highest BCUT2D eigenvalue weighted by Gasteiger charge is 2.47. The molecule has 0 bridgehead atoms. The minimum atomic E-state index is -0.0786. The molecule has 15 rings (SSSR count). The Labute approximate surface area is 586 Å². The van der Waals surface area contributed by atoms with Crippen LogP contribution >= 0.6 is 50.9 Å². The fourth-order valence-electron chi connectivity index (χ4n) is 14.3. The predicted octanol–water partition coefficient (Wildman–Crippen LogP) is 13.1. The molecule has 0 aliphatic carbocycles. The number of furan rings is 3. The summed E-state index contributed by atoms with van der Waals surface area (Å²) in [5.41, 5.74) is 29.2. The van der Waals surface area contributed by atoms with Gasteiger partial charge in [0.1, 0.15) is 34.5 Å². The molecule has 3 amide bonds. The van der Waals surface area contributed by atoms with E-state index in [0.29, 0.717) is 136 Å². The van der Waals surface area contributed by atoms with Gasteiger partial charge in [-0.2, -0.15) is 5.10 Å². The molecule has 97 heavy (non-hydrogen) atoms. The molecule has 6 N–H and O–H groups in total. The van der Waals surface area contributed by atoms with Gasteiger partial charge in [0, 0.05) is 120 Å². The Bertz CT molecular complexity index is 4370. The number of fused-ring (bicyclic) bond motifs is 6. The monoisotopic (exact) mass is 1430 g/mol. The molecule has 0 radical (unpaired) electrons. The van der Waals surface area contributed by atoms with Crippen molar-refractivity contribution in [3.8, 4) is 17.2 Å². The van der Waals surface area contributed by atoms with Crippen LogP contribution in [-0.4, -0.2) is 111 Å². The summed E-state index contributed by atoms with van der Waals surface area (Å²) in [6.07, 6.45) is 5.71. The lowest BCUT2D eigenvalue weighted by Crippen LogP contribution is -2.46. The van der Waals surface area contributed by atoms with Crippen molar-refractivity contribution in [1.29, 1.82) is 0 Å². The maximum Gasteiger partial charge on any atom is 0.289 e. The Morgan fingerprint density at radius 2 is 0.897 bits per heavy atom. The molecule has 506 valence electrons. The summed E-state index contributed by atoms with van der Waals surface area (Å²) >= 11 is 17.2. The summed E-state index contributed by atoms with van der Waals surface area (Å²) in [6, 6.07) is 36.8. The van der Waals surface area contributed by atoms with Crippen LogP contribution in [0.2, 0.25) is 10.0 Å². The van der Waals surface area contributed by atoms with E-state index in [4.69, 9.17) is 67.9 Å². The van der Waals surface area contributed by atoms with Gasteiger partial charge in [-0.25, -0.2) is 9.97 Å². The number of nitrogens with zero attached hydrogens (tertiary/aromatic N) is 7. The van der Waals surface area contributed by atoms with Crippen molar-refractivity contribution in [2.24, 2.45) is 17.2 Å². The molecule has 3 saturated heterocycles. The number of aromatic nitrogens is 4. The first kappa shape index (κ1) is 67.7. The van der Waals surface area contributed by atoms with Gasteiger partial charge in [0.15, 0.2) is 22.4 Å². The Morgan fingerprint density at radius 3 is 1.30 bits per heavy atom. The molecular formula is C74H79BrCl2N10O9S. The van der Waals surface area contributed by atoms with Crippen LogP contribution in [0.25, 0.3) is 0 Å². The highest BCUT2D eigenvalue weighted by Crippen LogP contribution is 2.49. The molecule has 0 unspecified atom stereocenters. The topological polar surface area (TPSA) is 250 Å². The molecular weight excluding hydrogens is 1360 g/mol. The number of aryl methyl sites for hydroxylation is 3. The Morgan fingerprint density at radius 1 is 0.505 bits per heavy atom. The quantitative estimate of drug-likeness (QED) is 0.0717. The normalized spacial score (nSPS) is 16.8. The second-order valence-electron chi connectivity index (χ2n) is 26.3. The first-order valence-corrected chi connectivity index (χ1v) is 35.5. The van der Waals surface area contributed by atoms with E-state index in [2.05, 4.69) is 49.2 Å². The second-order valence-corrected chi connectivity index (χ2v) is 28.9. The van der Waals surface area contributed by atoms with Crippen LogP contribution in [0.3, 0.4) is 0 Å². The van der Waals surface area contributed by atoms with Crippen molar-refractivity contribution in [3.63, 3.8) is 0 Å². The average molecular weight is 1440 g/mol. The third kappa shape index (κ3) is 14.4. The van der Waals surface area contributed by atoms with Gasteiger partial charge in [-0.3, -0.25) is 19.1 Å². The summed E-state index contributed by atoms with van der Waals surface area (Å²) in [5.74, 6) is 6.52. The molecule has 9 aromatic rings. The van der Waals surface area contributed by atoms with Crippen LogP contribution in [0.15, 0.2) is 138 Å². The Kier molecular flexibility index (Phi) is 19.9. The molecule has 4 aromatic carbocycles. The van der Waals surface area contributed by atoms with Gasteiger partial charge < -0.3 is 59.4 Å². The largest absolute Gasteiger partial charge is 0.492 e. The lowest BCUT2D eigenvalue weighted by atomic mass is 9.74. The van der Waals surface area contributed by atoms with Gasteiger partial charge in [0.25, 0.3) is 17.7 Å². The summed E-state index contributed by atoms with van der Waals surface area (Å²) in [5, 5.41) is 6.39. The number of benzene rings is 4. The summed E-state index contributed by atoms with van der Waals surface area (Å²) < 4.78 is 38.5. The van der Waals surface area contributed by atoms with Crippen molar-refractivity contribution in [1.82, 2.24) is 34.4 Å². The molecule has 3 spiro atoms. The lowest BCUT2D eigenvalue weighted by Gasteiger charge is -2.38. The molecule has 3 fully saturated rings. The molecule has 23 heteroatoms. The Balaban J connectivity index is 0.000000131. The first-order chi connectivity index (χ1) is 46.8. The van der Waals surface area contributed by atoms with Crippen LogP contribution < -0.4 is 31.4 Å². The zero-order chi connectivity index (χ0) is 67.8. The molecule has 19 nitrogen and oxygen atoms in total. The number of rotatable bonds is 13. The number of hydrogen-bond acceptors (Lipinski definition) is 16. The first-order valence-electron chi connectivity index (χ1n) is 32.9. The number of carbonyl (C=O) groups excluding carboxylic acids is 3. The third-order valence-corrected chi connectivity index (χ3v) is 22.4. The summed E-state index contributed by atoms with van der Waals surface area (Å²) in [6.45, 7) is 15.9. The van der Waals surface area contributed by atoms with Crippen LogP contribution in [0.5, 0.6) is 17.2 Å². The van der Waals surface area contributed by atoms with Crippen molar-refractivity contribution in [2.45, 2.75) is 126 Å². The van der Waals surface area contributed by atoms with Crippen molar-refractivity contribution >= 4 is 68.6 Å².